The summed E-state index contributed by atoms with van der Waals surface area (Å²) in [7, 11) is 0. The van der Waals surface area contributed by atoms with Crippen LogP contribution in [-0.2, 0) is 16.1 Å². The van der Waals surface area contributed by atoms with Crippen LogP contribution in [0.3, 0.4) is 0 Å². The molecule has 0 aromatic heterocycles. The van der Waals surface area contributed by atoms with Gasteiger partial charge in [-0.1, -0.05) is 19.9 Å². The third-order valence-corrected chi connectivity index (χ3v) is 2.62. The summed E-state index contributed by atoms with van der Waals surface area (Å²) in [6, 6.07) is 6.66. The second-order valence-corrected chi connectivity index (χ2v) is 5.39. The maximum Gasteiger partial charge on any atom is 0.407 e. The fourth-order valence-corrected chi connectivity index (χ4v) is 1.50. The van der Waals surface area contributed by atoms with Crippen molar-refractivity contribution in [3.63, 3.8) is 0 Å². The first-order valence-electron chi connectivity index (χ1n) is 7.01. The van der Waals surface area contributed by atoms with E-state index < -0.39 is 12.1 Å². The number of carbonyl (C=O) groups is 2. The fourth-order valence-electron chi connectivity index (χ4n) is 1.50. The summed E-state index contributed by atoms with van der Waals surface area (Å²) in [6.45, 7) is 7.11. The fraction of sp³-hybridized carbons (Fsp3) is 0.438. The minimum Gasteiger partial charge on any atom is -0.445 e. The van der Waals surface area contributed by atoms with Crippen LogP contribution < -0.4 is 10.1 Å². The van der Waals surface area contributed by atoms with Crippen LogP contribution in [0.25, 0.3) is 0 Å². The summed E-state index contributed by atoms with van der Waals surface area (Å²) < 4.78 is 10.2. The highest BCUT2D eigenvalue weighted by Gasteiger charge is 2.14. The standard InChI is InChI=1S/C16H20N2O4/c1-10(2)15(19)22-14-6-5-12(7-13(14)8-17)9-21-16(20)18-11(3)4/h5-7,10-11H,9H2,1-4H3,(H,18,20). The Labute approximate surface area is 130 Å². The van der Waals surface area contributed by atoms with Gasteiger partial charge in [-0.2, -0.15) is 5.26 Å². The topological polar surface area (TPSA) is 88.4 Å². The molecule has 1 rings (SSSR count). The Morgan fingerprint density at radius 2 is 1.95 bits per heavy atom. The van der Waals surface area contributed by atoms with Crippen molar-refractivity contribution < 1.29 is 19.1 Å². The highest BCUT2D eigenvalue weighted by molar-refractivity contribution is 5.75. The molecule has 0 saturated heterocycles. The molecule has 1 aromatic rings. The zero-order valence-electron chi connectivity index (χ0n) is 13.2. The van der Waals surface area contributed by atoms with E-state index in [-0.39, 0.29) is 29.9 Å². The van der Waals surface area contributed by atoms with Crippen LogP contribution >= 0.6 is 0 Å². The first-order valence-corrected chi connectivity index (χ1v) is 7.01. The van der Waals surface area contributed by atoms with E-state index in [1.54, 1.807) is 19.9 Å². The van der Waals surface area contributed by atoms with Crippen LogP contribution in [0.2, 0.25) is 0 Å². The van der Waals surface area contributed by atoms with Crippen LogP contribution in [0.1, 0.15) is 38.8 Å². The van der Waals surface area contributed by atoms with Gasteiger partial charge >= 0.3 is 12.1 Å². The second kappa shape index (κ2) is 8.03. The Morgan fingerprint density at radius 1 is 1.27 bits per heavy atom. The normalized spacial score (nSPS) is 10.2. The Morgan fingerprint density at radius 3 is 2.50 bits per heavy atom. The lowest BCUT2D eigenvalue weighted by Gasteiger charge is -2.11. The van der Waals surface area contributed by atoms with Gasteiger partial charge in [-0.3, -0.25) is 4.79 Å². The molecule has 0 spiro atoms. The van der Waals surface area contributed by atoms with E-state index in [4.69, 9.17) is 14.7 Å². The molecule has 0 bridgehead atoms. The van der Waals surface area contributed by atoms with Gasteiger partial charge in [-0.15, -0.1) is 0 Å². The Balaban J connectivity index is 2.75. The van der Waals surface area contributed by atoms with Crippen LogP contribution in [0.5, 0.6) is 5.75 Å². The lowest BCUT2D eigenvalue weighted by atomic mass is 10.1. The smallest absolute Gasteiger partial charge is 0.407 e. The van der Waals surface area contributed by atoms with Gasteiger partial charge < -0.3 is 14.8 Å². The first-order chi connectivity index (χ1) is 10.3. The number of alkyl carbamates (subject to hydrolysis) is 1. The quantitative estimate of drug-likeness (QED) is 0.667. The highest BCUT2D eigenvalue weighted by Crippen LogP contribution is 2.21. The molecule has 0 atom stereocenters. The lowest BCUT2D eigenvalue weighted by molar-refractivity contribution is -0.137. The van der Waals surface area contributed by atoms with Crippen molar-refractivity contribution >= 4 is 12.1 Å². The molecule has 0 heterocycles. The molecule has 1 amide bonds. The number of ether oxygens (including phenoxy) is 2. The second-order valence-electron chi connectivity index (χ2n) is 5.39. The number of amides is 1. The number of hydrogen-bond acceptors (Lipinski definition) is 5. The first kappa shape index (κ1) is 17.5. The van der Waals surface area contributed by atoms with Crippen molar-refractivity contribution in [3.05, 3.63) is 29.3 Å². The highest BCUT2D eigenvalue weighted by atomic mass is 16.5. The van der Waals surface area contributed by atoms with Crippen LogP contribution in [0.15, 0.2) is 18.2 Å². The average molecular weight is 304 g/mol. The number of hydrogen-bond donors (Lipinski definition) is 1. The van der Waals surface area contributed by atoms with E-state index in [0.29, 0.717) is 5.56 Å². The largest absolute Gasteiger partial charge is 0.445 e. The minimum absolute atomic E-state index is 0.0139. The molecule has 0 saturated carbocycles. The summed E-state index contributed by atoms with van der Waals surface area (Å²) in [5.74, 6) is -0.484. The van der Waals surface area contributed by atoms with Crippen molar-refractivity contribution in [2.75, 3.05) is 0 Å². The van der Waals surface area contributed by atoms with E-state index in [1.165, 1.54) is 12.1 Å². The zero-order valence-corrected chi connectivity index (χ0v) is 13.2. The van der Waals surface area contributed by atoms with Gasteiger partial charge in [0.1, 0.15) is 18.4 Å². The van der Waals surface area contributed by atoms with Crippen molar-refractivity contribution in [1.29, 1.82) is 5.26 Å². The summed E-state index contributed by atoms with van der Waals surface area (Å²) in [4.78, 5) is 23.0. The average Bonchev–Trinajstić information content (AvgIpc) is 2.45. The minimum atomic E-state index is -0.524. The monoisotopic (exact) mass is 304 g/mol. The molecule has 0 fully saturated rings. The predicted molar refractivity (Wildman–Crippen MR) is 80.1 cm³/mol. The number of nitrogens with one attached hydrogen (secondary N) is 1. The predicted octanol–water partition coefficient (Wildman–Crippen LogP) is 2.75. The number of benzene rings is 1. The molecule has 0 aliphatic heterocycles. The Kier molecular flexibility index (Phi) is 6.39. The third kappa shape index (κ3) is 5.44. The van der Waals surface area contributed by atoms with Crippen LogP contribution in [-0.4, -0.2) is 18.1 Å². The number of nitriles is 1. The van der Waals surface area contributed by atoms with E-state index in [0.717, 1.165) is 0 Å². The summed E-state index contributed by atoms with van der Waals surface area (Å²) >= 11 is 0. The van der Waals surface area contributed by atoms with Gasteiger partial charge in [-0.05, 0) is 31.5 Å². The summed E-state index contributed by atoms with van der Waals surface area (Å²) in [6.07, 6.45) is -0.524. The molecule has 0 unspecified atom stereocenters. The molecule has 22 heavy (non-hydrogen) atoms. The Bertz CT molecular complexity index is 588. The molecule has 0 radical (unpaired) electrons. The molecule has 1 aromatic carbocycles. The van der Waals surface area contributed by atoms with Crippen molar-refractivity contribution in [3.8, 4) is 11.8 Å². The van der Waals surface area contributed by atoms with Gasteiger partial charge in [-0.25, -0.2) is 4.79 Å². The summed E-state index contributed by atoms with van der Waals surface area (Å²) in [5, 5.41) is 11.7. The van der Waals surface area contributed by atoms with E-state index in [1.807, 2.05) is 19.9 Å². The number of esters is 1. The maximum atomic E-state index is 11.6. The third-order valence-electron chi connectivity index (χ3n) is 2.62. The van der Waals surface area contributed by atoms with Crippen molar-refractivity contribution in [2.24, 2.45) is 5.92 Å². The number of nitrogens with zero attached hydrogens (tertiary/aromatic N) is 1. The zero-order chi connectivity index (χ0) is 16.7. The molecule has 1 N–H and O–H groups in total. The number of carbonyl (C=O) groups excluding carboxylic acids is 2. The van der Waals surface area contributed by atoms with Gasteiger partial charge in [0.05, 0.1) is 11.5 Å². The molecule has 6 nitrogen and oxygen atoms in total. The van der Waals surface area contributed by atoms with Crippen LogP contribution in [0, 0.1) is 17.2 Å². The van der Waals surface area contributed by atoms with Gasteiger partial charge in [0.2, 0.25) is 0 Å². The van der Waals surface area contributed by atoms with Crippen molar-refractivity contribution in [1.82, 2.24) is 5.32 Å². The van der Waals surface area contributed by atoms with Crippen molar-refractivity contribution in [2.45, 2.75) is 40.3 Å². The maximum absolute atomic E-state index is 11.6. The molecule has 0 aliphatic rings. The van der Waals surface area contributed by atoms with E-state index >= 15 is 0 Å². The molecule has 118 valence electrons. The van der Waals surface area contributed by atoms with E-state index in [2.05, 4.69) is 5.32 Å². The van der Waals surface area contributed by atoms with Gasteiger partial charge in [0.15, 0.2) is 0 Å². The van der Waals surface area contributed by atoms with Gasteiger partial charge in [0.25, 0.3) is 0 Å². The molecular weight excluding hydrogens is 284 g/mol. The van der Waals surface area contributed by atoms with Crippen LogP contribution in [0.4, 0.5) is 4.79 Å². The van der Waals surface area contributed by atoms with E-state index in [9.17, 15) is 9.59 Å². The molecular formula is C16H20N2O4. The molecule has 0 aliphatic carbocycles. The SMILES string of the molecule is CC(C)NC(=O)OCc1ccc(OC(=O)C(C)C)c(C#N)c1. The summed E-state index contributed by atoms with van der Waals surface area (Å²) in [5.41, 5.74) is 0.860. The van der Waals surface area contributed by atoms with Gasteiger partial charge in [0, 0.05) is 6.04 Å². The number of rotatable bonds is 5. The molecule has 6 heteroatoms. The lowest BCUT2D eigenvalue weighted by Crippen LogP contribution is -2.30. The Hall–Kier alpha value is -2.55.